The zero-order valence-electron chi connectivity index (χ0n) is 21.6. The van der Waals surface area contributed by atoms with E-state index in [2.05, 4.69) is 4.99 Å². The van der Waals surface area contributed by atoms with E-state index in [0.717, 1.165) is 6.07 Å². The van der Waals surface area contributed by atoms with Crippen LogP contribution in [0.25, 0.3) is 0 Å². The number of benzene rings is 3. The van der Waals surface area contributed by atoms with Crippen molar-refractivity contribution in [1.29, 1.82) is 5.26 Å². The van der Waals surface area contributed by atoms with Crippen molar-refractivity contribution >= 4 is 11.9 Å². The number of halogens is 3. The molecule has 0 radical (unpaired) electrons. The minimum atomic E-state index is -0.822. The fraction of sp³-hybridized carbons (Fsp3) is 0.276. The second kappa shape index (κ2) is 11.5. The molecular formula is C29H26F3N3O4. The SMILES string of the molecule is CC(C)(C)OC(=O)N1CCN=C1c1ccc(COc2cccc(OCc3ccc(C#N)cc3F)c2F)c(F)c1. The number of hydrogen-bond acceptors (Lipinski definition) is 6. The van der Waals surface area contributed by atoms with E-state index in [9.17, 15) is 18.0 Å². The molecule has 10 heteroatoms. The summed E-state index contributed by atoms with van der Waals surface area (Å²) in [7, 11) is 0. The van der Waals surface area contributed by atoms with Gasteiger partial charge in [-0.05, 0) is 51.1 Å². The van der Waals surface area contributed by atoms with Crippen molar-refractivity contribution in [1.82, 2.24) is 4.90 Å². The number of carbonyl (C=O) groups is 1. The lowest BCUT2D eigenvalue weighted by Gasteiger charge is -2.25. The lowest BCUT2D eigenvalue weighted by Crippen LogP contribution is -2.39. The average molecular weight is 538 g/mol. The molecule has 1 amide bonds. The van der Waals surface area contributed by atoms with E-state index in [1.165, 1.54) is 47.4 Å². The van der Waals surface area contributed by atoms with Crippen molar-refractivity contribution < 1.29 is 32.2 Å². The van der Waals surface area contributed by atoms with Gasteiger partial charge in [0.2, 0.25) is 5.82 Å². The molecule has 1 aliphatic rings. The van der Waals surface area contributed by atoms with Gasteiger partial charge >= 0.3 is 6.09 Å². The van der Waals surface area contributed by atoms with E-state index in [0.29, 0.717) is 24.5 Å². The van der Waals surface area contributed by atoms with Crippen LogP contribution in [0.15, 0.2) is 59.6 Å². The van der Waals surface area contributed by atoms with Gasteiger partial charge in [0.1, 0.15) is 36.3 Å². The van der Waals surface area contributed by atoms with Crippen LogP contribution >= 0.6 is 0 Å². The molecule has 0 unspecified atom stereocenters. The van der Waals surface area contributed by atoms with Crippen LogP contribution in [0.2, 0.25) is 0 Å². The van der Waals surface area contributed by atoms with Crippen LogP contribution in [0.5, 0.6) is 11.5 Å². The molecule has 0 N–H and O–H groups in total. The van der Waals surface area contributed by atoms with Crippen molar-refractivity contribution in [2.75, 3.05) is 13.1 Å². The molecule has 1 heterocycles. The predicted octanol–water partition coefficient (Wildman–Crippen LogP) is 6.13. The smallest absolute Gasteiger partial charge is 0.416 e. The average Bonchev–Trinajstić information content (AvgIpc) is 3.38. The number of amidine groups is 1. The van der Waals surface area contributed by atoms with Gasteiger partial charge in [-0.15, -0.1) is 0 Å². The Morgan fingerprint density at radius 2 is 1.59 bits per heavy atom. The summed E-state index contributed by atoms with van der Waals surface area (Å²) in [6.45, 7) is 5.42. The molecule has 0 fully saturated rings. The fourth-order valence-electron chi connectivity index (χ4n) is 3.75. The van der Waals surface area contributed by atoms with Crippen molar-refractivity contribution in [2.24, 2.45) is 4.99 Å². The standard InChI is InChI=1S/C29H26F3N3O4/c1-29(2,3)39-28(36)35-12-11-34-27(35)19-9-10-21(23(31)14-19)17-38-25-6-4-5-24(26(25)32)37-16-20-8-7-18(15-33)13-22(20)30/h4-10,13-14H,11-12,16-17H2,1-3H3. The van der Waals surface area contributed by atoms with Gasteiger partial charge in [-0.3, -0.25) is 9.89 Å². The molecule has 0 spiro atoms. The number of nitrogens with zero attached hydrogens (tertiary/aromatic N) is 3. The highest BCUT2D eigenvalue weighted by atomic mass is 19.1. The Morgan fingerprint density at radius 3 is 2.15 bits per heavy atom. The first-order valence-corrected chi connectivity index (χ1v) is 12.1. The maximum absolute atomic E-state index is 15.0. The monoisotopic (exact) mass is 537 g/mol. The summed E-state index contributed by atoms with van der Waals surface area (Å²) in [6, 6.07) is 14.3. The summed E-state index contributed by atoms with van der Waals surface area (Å²) in [4.78, 5) is 18.2. The molecule has 0 bridgehead atoms. The second-order valence-electron chi connectivity index (χ2n) is 9.71. The molecule has 0 aliphatic carbocycles. The highest BCUT2D eigenvalue weighted by Gasteiger charge is 2.29. The number of rotatable bonds is 7. The van der Waals surface area contributed by atoms with Crippen molar-refractivity contribution in [2.45, 2.75) is 39.6 Å². The minimum absolute atomic E-state index is 0.152. The zero-order chi connectivity index (χ0) is 28.2. The van der Waals surface area contributed by atoms with Gasteiger partial charge in [0.15, 0.2) is 11.5 Å². The van der Waals surface area contributed by atoms with E-state index < -0.39 is 29.1 Å². The van der Waals surface area contributed by atoms with Crippen LogP contribution in [-0.4, -0.2) is 35.5 Å². The first-order valence-electron chi connectivity index (χ1n) is 12.1. The predicted molar refractivity (Wildman–Crippen MR) is 137 cm³/mol. The lowest BCUT2D eigenvalue weighted by molar-refractivity contribution is 0.0384. The van der Waals surface area contributed by atoms with Gasteiger partial charge in [0.05, 0.1) is 24.7 Å². The Hall–Kier alpha value is -4.52. The summed E-state index contributed by atoms with van der Waals surface area (Å²) in [5, 5.41) is 8.85. The first-order chi connectivity index (χ1) is 18.6. The lowest BCUT2D eigenvalue weighted by atomic mass is 10.1. The number of amides is 1. The van der Waals surface area contributed by atoms with Crippen molar-refractivity contribution in [3.8, 4) is 17.6 Å². The molecule has 202 valence electrons. The normalized spacial score (nSPS) is 13.1. The van der Waals surface area contributed by atoms with E-state index in [4.69, 9.17) is 19.5 Å². The third-order valence-corrected chi connectivity index (χ3v) is 5.64. The molecule has 3 aromatic carbocycles. The Kier molecular flexibility index (Phi) is 8.10. The second-order valence-corrected chi connectivity index (χ2v) is 9.71. The number of hydrogen-bond donors (Lipinski definition) is 0. The van der Waals surface area contributed by atoms with Crippen LogP contribution in [0.1, 0.15) is 43.0 Å². The Balaban J connectivity index is 1.41. The maximum Gasteiger partial charge on any atom is 0.416 e. The summed E-state index contributed by atoms with van der Waals surface area (Å²) >= 11 is 0. The molecule has 0 saturated heterocycles. The summed E-state index contributed by atoms with van der Waals surface area (Å²) < 4.78 is 60.3. The molecule has 39 heavy (non-hydrogen) atoms. The van der Waals surface area contributed by atoms with Crippen LogP contribution < -0.4 is 9.47 Å². The van der Waals surface area contributed by atoms with Crippen LogP contribution in [0.3, 0.4) is 0 Å². The summed E-state index contributed by atoms with van der Waals surface area (Å²) in [6.07, 6.45) is -0.564. The Bertz CT molecular complexity index is 1460. The third kappa shape index (κ3) is 6.68. The molecule has 4 rings (SSSR count). The zero-order valence-corrected chi connectivity index (χ0v) is 21.6. The highest BCUT2D eigenvalue weighted by molar-refractivity contribution is 6.07. The Morgan fingerprint density at radius 1 is 0.974 bits per heavy atom. The largest absolute Gasteiger partial charge is 0.486 e. The highest BCUT2D eigenvalue weighted by Crippen LogP contribution is 2.28. The van der Waals surface area contributed by atoms with E-state index in [1.807, 2.05) is 6.07 Å². The molecule has 1 aliphatic heterocycles. The molecule has 0 saturated carbocycles. The van der Waals surface area contributed by atoms with Crippen LogP contribution in [-0.2, 0) is 18.0 Å². The number of ether oxygens (including phenoxy) is 3. The minimum Gasteiger partial charge on any atom is -0.486 e. The summed E-state index contributed by atoms with van der Waals surface area (Å²) in [5.41, 5.74) is 0.186. The van der Waals surface area contributed by atoms with Gasteiger partial charge in [-0.25, -0.2) is 13.6 Å². The van der Waals surface area contributed by atoms with E-state index >= 15 is 0 Å². The number of aliphatic imine (C=N–C) groups is 1. The van der Waals surface area contributed by atoms with Gasteiger partial charge in [0, 0.05) is 16.7 Å². The summed E-state index contributed by atoms with van der Waals surface area (Å²) in [5.74, 6) is -2.11. The topological polar surface area (TPSA) is 84.2 Å². The van der Waals surface area contributed by atoms with E-state index in [-0.39, 0.29) is 41.4 Å². The van der Waals surface area contributed by atoms with Crippen LogP contribution in [0, 0.1) is 28.8 Å². The molecule has 0 atom stereocenters. The van der Waals surface area contributed by atoms with Gasteiger partial charge < -0.3 is 14.2 Å². The van der Waals surface area contributed by atoms with E-state index in [1.54, 1.807) is 26.8 Å². The van der Waals surface area contributed by atoms with Crippen LogP contribution in [0.4, 0.5) is 18.0 Å². The number of nitriles is 1. The molecule has 0 aromatic heterocycles. The van der Waals surface area contributed by atoms with Gasteiger partial charge in [0.25, 0.3) is 0 Å². The first kappa shape index (κ1) is 27.5. The maximum atomic E-state index is 15.0. The fourth-order valence-corrected chi connectivity index (χ4v) is 3.75. The van der Waals surface area contributed by atoms with Crippen molar-refractivity contribution in [3.63, 3.8) is 0 Å². The van der Waals surface area contributed by atoms with Gasteiger partial charge in [-0.1, -0.05) is 24.3 Å². The third-order valence-electron chi connectivity index (χ3n) is 5.64. The Labute approximate surface area is 224 Å². The molecule has 3 aromatic rings. The molecular weight excluding hydrogens is 511 g/mol. The molecule has 7 nitrogen and oxygen atoms in total. The number of carbonyl (C=O) groups excluding carboxylic acids is 1. The van der Waals surface area contributed by atoms with Crippen molar-refractivity contribution in [3.05, 3.63) is 94.3 Å². The quantitative estimate of drug-likeness (QED) is 0.362. The van der Waals surface area contributed by atoms with Gasteiger partial charge in [-0.2, -0.15) is 9.65 Å².